The number of piperazine rings is 1. The number of nitrogens with one attached hydrogen (secondary N) is 1. The lowest BCUT2D eigenvalue weighted by atomic mass is 10.00. The summed E-state index contributed by atoms with van der Waals surface area (Å²) in [7, 11) is 0. The highest BCUT2D eigenvalue weighted by Crippen LogP contribution is 2.18. The second kappa shape index (κ2) is 6.40. The van der Waals surface area contributed by atoms with Crippen LogP contribution >= 0.6 is 11.6 Å². The number of nitrogens with zero attached hydrogens (tertiary/aromatic N) is 1. The van der Waals surface area contributed by atoms with Crippen molar-refractivity contribution in [3.63, 3.8) is 0 Å². The van der Waals surface area contributed by atoms with E-state index in [1.54, 1.807) is 24.3 Å². The molecule has 0 aliphatic carbocycles. The van der Waals surface area contributed by atoms with Gasteiger partial charge in [0.15, 0.2) is 0 Å². The molecule has 1 N–H and O–H groups in total. The summed E-state index contributed by atoms with van der Waals surface area (Å²) in [6, 6.07) is 7.44. The standard InChI is InChI=1S/C15H21ClN2O/c1-11(2)9-14-10-17-7-8-18(14)15(19)12-3-5-13(16)6-4-12/h3-6,11,14,17H,7-10H2,1-2H3. The van der Waals surface area contributed by atoms with E-state index in [1.807, 2.05) is 4.90 Å². The normalized spacial score (nSPS) is 19.8. The first-order chi connectivity index (χ1) is 9.08. The highest BCUT2D eigenvalue weighted by molar-refractivity contribution is 6.30. The average molecular weight is 281 g/mol. The molecule has 4 heteroatoms. The average Bonchev–Trinajstić information content (AvgIpc) is 2.39. The zero-order valence-electron chi connectivity index (χ0n) is 11.5. The molecule has 0 saturated carbocycles. The third kappa shape index (κ3) is 3.71. The summed E-state index contributed by atoms with van der Waals surface area (Å²) in [4.78, 5) is 14.6. The van der Waals surface area contributed by atoms with Gasteiger partial charge in [-0.3, -0.25) is 4.79 Å². The van der Waals surface area contributed by atoms with Crippen LogP contribution in [0, 0.1) is 5.92 Å². The van der Waals surface area contributed by atoms with Crippen LogP contribution in [0.15, 0.2) is 24.3 Å². The quantitative estimate of drug-likeness (QED) is 0.923. The number of amides is 1. The topological polar surface area (TPSA) is 32.3 Å². The second-order valence-electron chi connectivity index (χ2n) is 5.49. The largest absolute Gasteiger partial charge is 0.333 e. The smallest absolute Gasteiger partial charge is 0.254 e. The Kier molecular flexibility index (Phi) is 4.83. The van der Waals surface area contributed by atoms with Gasteiger partial charge in [0.2, 0.25) is 0 Å². The number of halogens is 1. The van der Waals surface area contributed by atoms with E-state index in [-0.39, 0.29) is 11.9 Å². The molecule has 1 aliphatic rings. The Balaban J connectivity index is 2.12. The molecule has 1 amide bonds. The van der Waals surface area contributed by atoms with Crippen molar-refractivity contribution >= 4 is 17.5 Å². The van der Waals surface area contributed by atoms with Crippen LogP contribution in [0.2, 0.25) is 5.02 Å². The third-order valence-corrected chi connectivity index (χ3v) is 3.70. The SMILES string of the molecule is CC(C)CC1CNCCN1C(=O)c1ccc(Cl)cc1. The lowest BCUT2D eigenvalue weighted by Gasteiger charge is -2.37. The maximum absolute atomic E-state index is 12.6. The highest BCUT2D eigenvalue weighted by Gasteiger charge is 2.27. The molecule has 0 bridgehead atoms. The Labute approximate surface area is 119 Å². The molecular weight excluding hydrogens is 260 g/mol. The van der Waals surface area contributed by atoms with Gasteiger partial charge in [-0.15, -0.1) is 0 Å². The molecule has 3 nitrogen and oxygen atoms in total. The van der Waals surface area contributed by atoms with Gasteiger partial charge in [-0.1, -0.05) is 25.4 Å². The molecule has 0 aromatic heterocycles. The van der Waals surface area contributed by atoms with E-state index in [0.29, 0.717) is 10.9 Å². The molecule has 1 fully saturated rings. The minimum Gasteiger partial charge on any atom is -0.333 e. The summed E-state index contributed by atoms with van der Waals surface area (Å²) in [5.74, 6) is 0.703. The second-order valence-corrected chi connectivity index (χ2v) is 5.93. The fraction of sp³-hybridized carbons (Fsp3) is 0.533. The van der Waals surface area contributed by atoms with E-state index in [9.17, 15) is 4.79 Å². The van der Waals surface area contributed by atoms with E-state index < -0.39 is 0 Å². The molecule has 1 heterocycles. The van der Waals surface area contributed by atoms with Gasteiger partial charge in [0.05, 0.1) is 0 Å². The van der Waals surface area contributed by atoms with Gasteiger partial charge in [0, 0.05) is 36.3 Å². The molecule has 2 rings (SSSR count). The number of carbonyl (C=O) groups excluding carboxylic acids is 1. The van der Waals surface area contributed by atoms with Crippen LogP contribution in [0.4, 0.5) is 0 Å². The monoisotopic (exact) mass is 280 g/mol. The molecule has 1 aliphatic heterocycles. The predicted molar refractivity (Wildman–Crippen MR) is 78.6 cm³/mol. The Bertz CT molecular complexity index is 430. The van der Waals surface area contributed by atoms with Crippen molar-refractivity contribution in [3.05, 3.63) is 34.9 Å². The van der Waals surface area contributed by atoms with Crippen LogP contribution in [-0.4, -0.2) is 36.5 Å². The van der Waals surface area contributed by atoms with E-state index in [0.717, 1.165) is 31.6 Å². The van der Waals surface area contributed by atoms with Crippen molar-refractivity contribution in [2.45, 2.75) is 26.3 Å². The summed E-state index contributed by atoms with van der Waals surface area (Å²) in [6.07, 6.45) is 1.03. The van der Waals surface area contributed by atoms with Crippen LogP contribution in [0.5, 0.6) is 0 Å². The molecule has 0 spiro atoms. The van der Waals surface area contributed by atoms with Gasteiger partial charge in [0.25, 0.3) is 5.91 Å². The van der Waals surface area contributed by atoms with Gasteiger partial charge in [0.1, 0.15) is 0 Å². The van der Waals surface area contributed by atoms with E-state index >= 15 is 0 Å². The van der Waals surface area contributed by atoms with Crippen molar-refractivity contribution in [2.24, 2.45) is 5.92 Å². The Hall–Kier alpha value is -1.06. The maximum atomic E-state index is 12.6. The van der Waals surface area contributed by atoms with Crippen molar-refractivity contribution in [2.75, 3.05) is 19.6 Å². The summed E-state index contributed by atoms with van der Waals surface area (Å²) in [5, 5.41) is 4.03. The molecule has 1 aromatic rings. The Morgan fingerprint density at radius 1 is 1.42 bits per heavy atom. The lowest BCUT2D eigenvalue weighted by molar-refractivity contribution is 0.0610. The maximum Gasteiger partial charge on any atom is 0.254 e. The first-order valence-corrected chi connectivity index (χ1v) is 7.23. The van der Waals surface area contributed by atoms with Gasteiger partial charge in [-0.25, -0.2) is 0 Å². The predicted octanol–water partition coefficient (Wildman–Crippen LogP) is 2.80. The van der Waals surface area contributed by atoms with Crippen LogP contribution in [-0.2, 0) is 0 Å². The van der Waals surface area contributed by atoms with Crippen LogP contribution in [0.25, 0.3) is 0 Å². The van der Waals surface area contributed by atoms with Crippen LogP contribution in [0.1, 0.15) is 30.6 Å². The van der Waals surface area contributed by atoms with Crippen molar-refractivity contribution in [3.8, 4) is 0 Å². The van der Waals surface area contributed by atoms with Crippen molar-refractivity contribution in [1.29, 1.82) is 0 Å². The number of hydrogen-bond acceptors (Lipinski definition) is 2. The molecule has 104 valence electrons. The molecule has 0 radical (unpaired) electrons. The fourth-order valence-electron chi connectivity index (χ4n) is 2.54. The first kappa shape index (κ1) is 14.4. The zero-order valence-corrected chi connectivity index (χ0v) is 12.3. The van der Waals surface area contributed by atoms with E-state index in [2.05, 4.69) is 19.2 Å². The molecular formula is C15H21ClN2O. The van der Waals surface area contributed by atoms with Gasteiger partial charge in [-0.2, -0.15) is 0 Å². The number of rotatable bonds is 3. The molecule has 1 unspecified atom stereocenters. The van der Waals surface area contributed by atoms with E-state index in [4.69, 9.17) is 11.6 Å². The van der Waals surface area contributed by atoms with Crippen molar-refractivity contribution in [1.82, 2.24) is 10.2 Å². The van der Waals surface area contributed by atoms with Crippen LogP contribution < -0.4 is 5.32 Å². The lowest BCUT2D eigenvalue weighted by Crippen LogP contribution is -2.54. The minimum absolute atomic E-state index is 0.115. The van der Waals surface area contributed by atoms with Crippen LogP contribution in [0.3, 0.4) is 0 Å². The fourth-order valence-corrected chi connectivity index (χ4v) is 2.67. The van der Waals surface area contributed by atoms with Gasteiger partial charge >= 0.3 is 0 Å². The van der Waals surface area contributed by atoms with Gasteiger partial charge in [-0.05, 0) is 36.6 Å². The summed E-state index contributed by atoms with van der Waals surface area (Å²) in [5.41, 5.74) is 0.722. The van der Waals surface area contributed by atoms with Gasteiger partial charge < -0.3 is 10.2 Å². The summed E-state index contributed by atoms with van der Waals surface area (Å²) < 4.78 is 0. The molecule has 1 atom stereocenters. The summed E-state index contributed by atoms with van der Waals surface area (Å²) in [6.45, 7) is 6.92. The molecule has 1 saturated heterocycles. The zero-order chi connectivity index (χ0) is 13.8. The third-order valence-electron chi connectivity index (χ3n) is 3.45. The van der Waals surface area contributed by atoms with E-state index in [1.165, 1.54) is 0 Å². The Morgan fingerprint density at radius 3 is 2.74 bits per heavy atom. The van der Waals surface area contributed by atoms with Crippen molar-refractivity contribution < 1.29 is 4.79 Å². The number of hydrogen-bond donors (Lipinski definition) is 1. The molecule has 1 aromatic carbocycles. The summed E-state index contributed by atoms with van der Waals surface area (Å²) >= 11 is 5.86. The Morgan fingerprint density at radius 2 is 2.11 bits per heavy atom. The minimum atomic E-state index is 0.115. The first-order valence-electron chi connectivity index (χ1n) is 6.85. The molecule has 19 heavy (non-hydrogen) atoms. The number of benzene rings is 1. The number of carbonyl (C=O) groups is 1. The highest BCUT2D eigenvalue weighted by atomic mass is 35.5.